The summed E-state index contributed by atoms with van der Waals surface area (Å²) in [5.41, 5.74) is 2.37. The Labute approximate surface area is 139 Å². The lowest BCUT2D eigenvalue weighted by atomic mass is 10.1. The minimum atomic E-state index is 0.0555. The lowest BCUT2D eigenvalue weighted by Crippen LogP contribution is -2.38. The summed E-state index contributed by atoms with van der Waals surface area (Å²) in [5.74, 6) is 0.805. The first-order chi connectivity index (χ1) is 10.8. The Morgan fingerprint density at radius 1 is 1.35 bits per heavy atom. The summed E-state index contributed by atoms with van der Waals surface area (Å²) < 4.78 is 0. The molecule has 3 heteroatoms. The van der Waals surface area contributed by atoms with Gasteiger partial charge in [0, 0.05) is 12.2 Å². The minimum Gasteiger partial charge on any atom is -0.331 e. The zero-order valence-corrected chi connectivity index (χ0v) is 14.9. The fourth-order valence-electron chi connectivity index (χ4n) is 3.79. The fraction of sp³-hybridized carbons (Fsp3) is 0.600. The first-order valence-electron chi connectivity index (χ1n) is 8.72. The highest BCUT2D eigenvalue weighted by atomic mass is 16.2. The highest BCUT2D eigenvalue weighted by Gasteiger charge is 2.62. The van der Waals surface area contributed by atoms with Gasteiger partial charge in [-0.05, 0) is 57.1 Å². The lowest BCUT2D eigenvalue weighted by molar-refractivity contribution is -0.136. The van der Waals surface area contributed by atoms with E-state index in [1.807, 2.05) is 24.4 Å². The van der Waals surface area contributed by atoms with E-state index in [0.717, 1.165) is 18.5 Å². The number of pyridine rings is 1. The van der Waals surface area contributed by atoms with Gasteiger partial charge in [0.15, 0.2) is 0 Å². The van der Waals surface area contributed by atoms with Crippen molar-refractivity contribution in [2.45, 2.75) is 59.5 Å². The average molecular weight is 312 g/mol. The van der Waals surface area contributed by atoms with Gasteiger partial charge in [0.1, 0.15) is 0 Å². The molecule has 0 spiro atoms. The van der Waals surface area contributed by atoms with E-state index in [9.17, 15) is 4.79 Å². The zero-order valence-electron chi connectivity index (χ0n) is 14.9. The molecule has 3 rings (SSSR count). The van der Waals surface area contributed by atoms with Crippen LogP contribution >= 0.6 is 0 Å². The number of rotatable bonds is 5. The Bertz CT molecular complexity index is 612. The molecule has 3 atom stereocenters. The molecule has 2 aliphatic carbocycles. The molecule has 0 N–H and O–H groups in total. The molecule has 0 radical (unpaired) electrons. The molecule has 1 heterocycles. The monoisotopic (exact) mass is 312 g/mol. The van der Waals surface area contributed by atoms with Crippen molar-refractivity contribution < 1.29 is 4.79 Å². The van der Waals surface area contributed by atoms with Gasteiger partial charge in [-0.1, -0.05) is 31.6 Å². The van der Waals surface area contributed by atoms with Crippen molar-refractivity contribution in [3.05, 3.63) is 41.7 Å². The van der Waals surface area contributed by atoms with Crippen molar-refractivity contribution in [3.63, 3.8) is 0 Å². The van der Waals surface area contributed by atoms with Crippen LogP contribution in [0.1, 0.15) is 59.2 Å². The molecule has 3 nitrogen and oxygen atoms in total. The molecule has 2 saturated carbocycles. The summed E-state index contributed by atoms with van der Waals surface area (Å²) >= 11 is 0. The number of amides is 1. The van der Waals surface area contributed by atoms with Gasteiger partial charge < -0.3 is 4.90 Å². The number of hydrogen-bond acceptors (Lipinski definition) is 2. The Hall–Kier alpha value is -1.64. The summed E-state index contributed by atoms with van der Waals surface area (Å²) in [7, 11) is 0. The molecule has 3 unspecified atom stereocenters. The highest BCUT2D eigenvalue weighted by molar-refractivity contribution is 5.84. The van der Waals surface area contributed by atoms with Crippen LogP contribution in [-0.2, 0) is 4.79 Å². The summed E-state index contributed by atoms with van der Waals surface area (Å²) in [5, 5.41) is 0. The van der Waals surface area contributed by atoms with Crippen LogP contribution in [0.5, 0.6) is 0 Å². The van der Waals surface area contributed by atoms with Crippen molar-refractivity contribution in [1.82, 2.24) is 9.88 Å². The smallest absolute Gasteiger partial charge is 0.227 e. The summed E-state index contributed by atoms with van der Waals surface area (Å²) in [6.07, 6.45) is 6.35. The minimum absolute atomic E-state index is 0.0555. The molecule has 124 valence electrons. The third-order valence-corrected chi connectivity index (χ3v) is 5.42. The second kappa shape index (κ2) is 5.77. The zero-order chi connectivity index (χ0) is 16.8. The van der Waals surface area contributed by atoms with Gasteiger partial charge >= 0.3 is 0 Å². The van der Waals surface area contributed by atoms with Gasteiger partial charge in [-0.3, -0.25) is 9.78 Å². The molecule has 1 aromatic heterocycles. The van der Waals surface area contributed by atoms with Crippen LogP contribution < -0.4 is 0 Å². The van der Waals surface area contributed by atoms with E-state index in [0.29, 0.717) is 17.9 Å². The SMILES string of the molecule is CC(C)=CC1C(C(=O)N(C2CC2)C(C)c2ccccn2)C1(C)C. The summed E-state index contributed by atoms with van der Waals surface area (Å²) in [6, 6.07) is 6.41. The molecule has 1 aromatic rings. The van der Waals surface area contributed by atoms with Crippen LogP contribution in [0.15, 0.2) is 36.0 Å². The molecule has 0 aliphatic heterocycles. The van der Waals surface area contributed by atoms with Crippen molar-refractivity contribution >= 4 is 5.91 Å². The molecule has 23 heavy (non-hydrogen) atoms. The first kappa shape index (κ1) is 16.2. The Balaban J connectivity index is 1.82. The number of carbonyl (C=O) groups excluding carboxylic acids is 1. The van der Waals surface area contributed by atoms with Gasteiger partial charge in [-0.25, -0.2) is 0 Å². The average Bonchev–Trinajstić information content (AvgIpc) is 3.39. The summed E-state index contributed by atoms with van der Waals surface area (Å²) in [6.45, 7) is 10.8. The molecule has 2 fully saturated rings. The molecule has 1 amide bonds. The van der Waals surface area contributed by atoms with Crippen LogP contribution in [0, 0.1) is 17.3 Å². The molecular formula is C20H28N2O. The predicted molar refractivity (Wildman–Crippen MR) is 92.7 cm³/mol. The van der Waals surface area contributed by atoms with Crippen LogP contribution in [0.3, 0.4) is 0 Å². The van der Waals surface area contributed by atoms with E-state index in [1.165, 1.54) is 5.57 Å². The molecule has 0 saturated heterocycles. The van der Waals surface area contributed by atoms with Gasteiger partial charge in [-0.15, -0.1) is 0 Å². The van der Waals surface area contributed by atoms with Crippen molar-refractivity contribution in [3.8, 4) is 0 Å². The van der Waals surface area contributed by atoms with Gasteiger partial charge in [0.05, 0.1) is 17.7 Å². The molecular weight excluding hydrogens is 284 g/mol. The number of carbonyl (C=O) groups is 1. The van der Waals surface area contributed by atoms with E-state index < -0.39 is 0 Å². The van der Waals surface area contributed by atoms with Crippen molar-refractivity contribution in [1.29, 1.82) is 0 Å². The maximum Gasteiger partial charge on any atom is 0.227 e. The van der Waals surface area contributed by atoms with E-state index in [1.54, 1.807) is 0 Å². The number of aromatic nitrogens is 1. The van der Waals surface area contributed by atoms with Crippen molar-refractivity contribution in [2.24, 2.45) is 17.3 Å². The van der Waals surface area contributed by atoms with E-state index in [4.69, 9.17) is 0 Å². The van der Waals surface area contributed by atoms with Crippen LogP contribution in [0.4, 0.5) is 0 Å². The highest BCUT2D eigenvalue weighted by Crippen LogP contribution is 2.61. The maximum atomic E-state index is 13.3. The largest absolute Gasteiger partial charge is 0.331 e. The molecule has 2 aliphatic rings. The quantitative estimate of drug-likeness (QED) is 0.756. The Morgan fingerprint density at radius 3 is 2.57 bits per heavy atom. The standard InChI is InChI=1S/C20H28N2O/c1-13(2)12-16-18(20(16,4)5)19(23)22(15-9-10-15)14(3)17-8-6-7-11-21-17/h6-8,11-12,14-16,18H,9-10H2,1-5H3. The van der Waals surface area contributed by atoms with E-state index >= 15 is 0 Å². The first-order valence-corrected chi connectivity index (χ1v) is 8.72. The van der Waals surface area contributed by atoms with Gasteiger partial charge in [-0.2, -0.15) is 0 Å². The van der Waals surface area contributed by atoms with Crippen LogP contribution in [0.25, 0.3) is 0 Å². The third-order valence-electron chi connectivity index (χ3n) is 5.42. The maximum absolute atomic E-state index is 13.3. The molecule has 0 bridgehead atoms. The number of allylic oxidation sites excluding steroid dienone is 2. The van der Waals surface area contributed by atoms with Gasteiger partial charge in [0.25, 0.3) is 0 Å². The molecule has 0 aromatic carbocycles. The topological polar surface area (TPSA) is 33.2 Å². The predicted octanol–water partition coefficient (Wildman–Crippen LogP) is 4.37. The number of hydrogen-bond donors (Lipinski definition) is 0. The van der Waals surface area contributed by atoms with Crippen LogP contribution in [0.2, 0.25) is 0 Å². The van der Waals surface area contributed by atoms with Gasteiger partial charge in [0.2, 0.25) is 5.91 Å². The van der Waals surface area contributed by atoms with Crippen molar-refractivity contribution in [2.75, 3.05) is 0 Å². The lowest BCUT2D eigenvalue weighted by Gasteiger charge is -2.30. The number of nitrogens with zero attached hydrogens (tertiary/aromatic N) is 2. The van der Waals surface area contributed by atoms with E-state index in [-0.39, 0.29) is 17.4 Å². The Kier molecular flexibility index (Phi) is 4.07. The Morgan fingerprint density at radius 2 is 2.04 bits per heavy atom. The second-order valence-corrected chi connectivity index (χ2v) is 7.98. The van der Waals surface area contributed by atoms with E-state index in [2.05, 4.69) is 50.6 Å². The second-order valence-electron chi connectivity index (χ2n) is 7.98. The summed E-state index contributed by atoms with van der Waals surface area (Å²) in [4.78, 5) is 19.9. The van der Waals surface area contributed by atoms with Crippen LogP contribution in [-0.4, -0.2) is 21.8 Å². The normalized spacial score (nSPS) is 26.3. The fourth-order valence-corrected chi connectivity index (χ4v) is 3.79. The third kappa shape index (κ3) is 3.06.